The van der Waals surface area contributed by atoms with Crippen LogP contribution in [-0.2, 0) is 24.3 Å². The third-order valence-electron chi connectivity index (χ3n) is 6.42. The minimum atomic E-state index is -4.36. The Kier molecular flexibility index (Phi) is 6.11. The van der Waals surface area contributed by atoms with Crippen molar-refractivity contribution in [2.24, 2.45) is 5.41 Å². The van der Waals surface area contributed by atoms with E-state index in [2.05, 4.69) is 0 Å². The number of Topliss-reactive ketones (excluding diaryl/α,β-unsaturated/α-hetero) is 1. The van der Waals surface area contributed by atoms with Crippen LogP contribution in [0, 0.1) is 12.3 Å². The number of benzene rings is 2. The summed E-state index contributed by atoms with van der Waals surface area (Å²) in [5.41, 5.74) is -0.195. The van der Waals surface area contributed by atoms with Gasteiger partial charge in [-0.25, -0.2) is 17.5 Å². The molecule has 9 heteroatoms. The number of aliphatic hydroxyl groups excluding tert-OH is 1. The Morgan fingerprint density at radius 2 is 1.79 bits per heavy atom. The molecule has 2 aromatic carbocycles. The van der Waals surface area contributed by atoms with Crippen molar-refractivity contribution >= 4 is 39.1 Å². The van der Waals surface area contributed by atoms with Crippen LogP contribution in [0.4, 0.5) is 0 Å². The highest BCUT2D eigenvalue weighted by atomic mass is 35.5. The second-order valence-corrected chi connectivity index (χ2v) is 10.7. The molecule has 0 radical (unpaired) electrons. The number of ether oxygens (including phenoxy) is 1. The molecule has 7 nitrogen and oxygen atoms in total. The van der Waals surface area contributed by atoms with E-state index in [0.29, 0.717) is 17.0 Å². The molecule has 174 valence electrons. The average Bonchev–Trinajstić information content (AvgIpc) is 3.16. The fourth-order valence-electron chi connectivity index (χ4n) is 4.66. The van der Waals surface area contributed by atoms with E-state index in [0.717, 1.165) is 9.87 Å². The monoisotopic (exact) mass is 489 g/mol. The lowest BCUT2D eigenvalue weighted by Gasteiger charge is -2.45. The lowest BCUT2D eigenvalue weighted by molar-refractivity contribution is -0.141. The largest absolute Gasteiger partial charge is 0.466 e. The smallest absolute Gasteiger partial charge is 0.335 e. The Bertz CT molecular complexity index is 1240. The van der Waals surface area contributed by atoms with Gasteiger partial charge < -0.3 is 9.84 Å². The van der Waals surface area contributed by atoms with Crippen molar-refractivity contribution in [1.29, 1.82) is 0 Å². The summed E-state index contributed by atoms with van der Waals surface area (Å²) in [4.78, 5) is 25.8. The molecule has 2 aliphatic rings. The van der Waals surface area contributed by atoms with Crippen molar-refractivity contribution in [2.45, 2.75) is 43.7 Å². The zero-order valence-electron chi connectivity index (χ0n) is 18.2. The lowest BCUT2D eigenvalue weighted by atomic mass is 9.74. The second-order valence-electron chi connectivity index (χ2n) is 8.42. The first kappa shape index (κ1) is 23.5. The van der Waals surface area contributed by atoms with Crippen LogP contribution in [0.25, 0.3) is 5.70 Å². The molecule has 1 aliphatic heterocycles. The summed E-state index contributed by atoms with van der Waals surface area (Å²) in [6.45, 7) is 1.83. The van der Waals surface area contributed by atoms with E-state index >= 15 is 0 Å². The molecule has 0 aromatic heterocycles. The summed E-state index contributed by atoms with van der Waals surface area (Å²) in [6, 6.07) is 12.4. The van der Waals surface area contributed by atoms with Crippen molar-refractivity contribution < 1.29 is 27.9 Å². The first-order valence-corrected chi connectivity index (χ1v) is 12.3. The molecule has 1 N–H and O–H groups in total. The number of carbonyl (C=O) groups excluding carboxylic acids is 2. The molecule has 2 aromatic rings. The van der Waals surface area contributed by atoms with E-state index in [1.54, 1.807) is 36.4 Å². The number of aliphatic hydroxyl groups is 1. The van der Waals surface area contributed by atoms with Gasteiger partial charge in [0.05, 0.1) is 28.7 Å². The number of carbonyl (C=O) groups is 2. The van der Waals surface area contributed by atoms with Gasteiger partial charge in [0.1, 0.15) is 5.78 Å². The zero-order valence-corrected chi connectivity index (χ0v) is 19.8. The Hall–Kier alpha value is -2.68. The maximum Gasteiger partial charge on any atom is 0.335 e. The van der Waals surface area contributed by atoms with Gasteiger partial charge in [-0.1, -0.05) is 41.4 Å². The number of sulfonamides is 1. The van der Waals surface area contributed by atoms with Crippen LogP contribution < -0.4 is 0 Å². The van der Waals surface area contributed by atoms with Crippen LogP contribution in [-0.4, -0.2) is 42.9 Å². The van der Waals surface area contributed by atoms with E-state index < -0.39 is 27.6 Å². The van der Waals surface area contributed by atoms with Crippen molar-refractivity contribution in [3.63, 3.8) is 0 Å². The van der Waals surface area contributed by atoms with Gasteiger partial charge in [0.15, 0.2) is 6.23 Å². The summed E-state index contributed by atoms with van der Waals surface area (Å²) in [5, 5.41) is 11.9. The predicted octanol–water partition coefficient (Wildman–Crippen LogP) is 3.68. The fourth-order valence-corrected chi connectivity index (χ4v) is 6.41. The van der Waals surface area contributed by atoms with Gasteiger partial charge in [-0.3, -0.25) is 4.79 Å². The highest BCUT2D eigenvalue weighted by Crippen LogP contribution is 2.52. The normalized spacial score (nSPS) is 23.3. The van der Waals surface area contributed by atoms with Crippen molar-refractivity contribution in [3.8, 4) is 0 Å². The molecule has 4 rings (SSSR count). The summed E-state index contributed by atoms with van der Waals surface area (Å²) in [6.07, 6.45) is -0.823. The number of esters is 1. The topological polar surface area (TPSA) is 101 Å². The molecule has 1 heterocycles. The van der Waals surface area contributed by atoms with Crippen LogP contribution >= 0.6 is 11.6 Å². The van der Waals surface area contributed by atoms with Crippen LogP contribution in [0.3, 0.4) is 0 Å². The summed E-state index contributed by atoms with van der Waals surface area (Å²) in [5.74, 6) is -1.02. The van der Waals surface area contributed by atoms with E-state index in [9.17, 15) is 23.1 Å². The van der Waals surface area contributed by atoms with Gasteiger partial charge in [-0.15, -0.1) is 0 Å². The molecule has 33 heavy (non-hydrogen) atoms. The first-order chi connectivity index (χ1) is 15.6. The molecule has 2 atom stereocenters. The van der Waals surface area contributed by atoms with Crippen molar-refractivity contribution in [3.05, 3.63) is 70.3 Å². The van der Waals surface area contributed by atoms with Gasteiger partial charge in [0.25, 0.3) is 10.0 Å². The molecule has 0 unspecified atom stereocenters. The number of rotatable bonds is 4. The number of aryl methyl sites for hydroxylation is 1. The van der Waals surface area contributed by atoms with Crippen molar-refractivity contribution in [2.75, 3.05) is 7.11 Å². The number of hydrogen-bond acceptors (Lipinski definition) is 6. The fraction of sp³-hybridized carbons (Fsp3) is 0.333. The second kappa shape index (κ2) is 8.59. The Morgan fingerprint density at radius 3 is 2.33 bits per heavy atom. The SMILES string of the molecule is COC(=O)C1=C(c2ccc(Cl)cc2)N(S(=O)(=O)c2ccc(C)cc2)[C@@H](O)[C@]2(CCCC2=O)C1. The zero-order chi connectivity index (χ0) is 24.0. The number of hydrogen-bond donors (Lipinski definition) is 1. The molecule has 0 amide bonds. The van der Waals surface area contributed by atoms with E-state index in [-0.39, 0.29) is 41.2 Å². The number of methoxy groups -OCH3 is 1. The Labute approximate surface area is 197 Å². The van der Waals surface area contributed by atoms with E-state index in [4.69, 9.17) is 16.3 Å². The third-order valence-corrected chi connectivity index (χ3v) is 8.44. The van der Waals surface area contributed by atoms with Crippen LogP contribution in [0.1, 0.15) is 36.8 Å². The Morgan fingerprint density at radius 1 is 1.15 bits per heavy atom. The van der Waals surface area contributed by atoms with E-state index in [1.165, 1.54) is 19.2 Å². The molecule has 1 spiro atoms. The summed E-state index contributed by atoms with van der Waals surface area (Å²) < 4.78 is 33.6. The van der Waals surface area contributed by atoms with Crippen LogP contribution in [0.15, 0.2) is 59.0 Å². The average molecular weight is 490 g/mol. The molecular formula is C24H24ClNO6S. The minimum Gasteiger partial charge on any atom is -0.466 e. The highest BCUT2D eigenvalue weighted by molar-refractivity contribution is 7.89. The third kappa shape index (κ3) is 3.86. The standard InChI is InChI=1S/C24H24ClNO6S/c1-15-5-11-18(12-6-15)33(30,31)26-21(16-7-9-17(25)10-8-16)19(22(28)32-2)14-24(23(26)29)13-3-4-20(24)27/h5-12,23,29H,3-4,13-14H2,1-2H3/t23-,24+/m0/s1. The predicted molar refractivity (Wildman–Crippen MR) is 123 cm³/mol. The minimum absolute atomic E-state index is 0.0167. The highest BCUT2D eigenvalue weighted by Gasteiger charge is 2.57. The quantitative estimate of drug-likeness (QED) is 0.657. The number of halogens is 1. The number of nitrogens with zero attached hydrogens (tertiary/aromatic N) is 1. The summed E-state index contributed by atoms with van der Waals surface area (Å²) in [7, 11) is -3.17. The maximum absolute atomic E-state index is 13.9. The molecule has 1 saturated carbocycles. The number of ketones is 1. The van der Waals surface area contributed by atoms with E-state index in [1.807, 2.05) is 6.92 Å². The van der Waals surface area contributed by atoms with Crippen LogP contribution in [0.2, 0.25) is 5.02 Å². The lowest BCUT2D eigenvalue weighted by Crippen LogP contribution is -2.55. The molecule has 0 bridgehead atoms. The van der Waals surface area contributed by atoms with Gasteiger partial charge in [0.2, 0.25) is 0 Å². The summed E-state index contributed by atoms with van der Waals surface area (Å²) >= 11 is 6.03. The van der Waals surface area contributed by atoms with Gasteiger partial charge in [-0.05, 0) is 56.0 Å². The maximum atomic E-state index is 13.9. The van der Waals surface area contributed by atoms with Crippen molar-refractivity contribution in [1.82, 2.24) is 4.31 Å². The van der Waals surface area contributed by atoms with Gasteiger partial charge in [-0.2, -0.15) is 0 Å². The molecule has 1 aliphatic carbocycles. The molecular weight excluding hydrogens is 466 g/mol. The van der Waals surface area contributed by atoms with Gasteiger partial charge >= 0.3 is 5.97 Å². The Balaban J connectivity index is 2.03. The molecule has 0 saturated heterocycles. The van der Waals surface area contributed by atoms with Gasteiger partial charge in [0, 0.05) is 11.4 Å². The molecule has 1 fully saturated rings. The first-order valence-electron chi connectivity index (χ1n) is 10.5. The van der Waals surface area contributed by atoms with Crippen LogP contribution in [0.5, 0.6) is 0 Å².